The average Bonchev–Trinajstić information content (AvgIpc) is 2.95. The van der Waals surface area contributed by atoms with Gasteiger partial charge in [-0.15, -0.1) is 29.1 Å². The van der Waals surface area contributed by atoms with E-state index in [-0.39, 0.29) is 26.1 Å². The fourth-order valence-corrected chi connectivity index (χ4v) is 4.52. The second kappa shape index (κ2) is 13.9. The third-order valence-corrected chi connectivity index (χ3v) is 7.21. The van der Waals surface area contributed by atoms with Crippen LogP contribution in [-0.2, 0) is 28.6 Å². The predicted octanol–water partition coefficient (Wildman–Crippen LogP) is 6.32. The van der Waals surface area contributed by atoms with E-state index in [0.29, 0.717) is 29.5 Å². The van der Waals surface area contributed by atoms with Crippen molar-refractivity contribution in [2.45, 2.75) is 14.7 Å². The number of benzene rings is 3. The first-order valence-electron chi connectivity index (χ1n) is 10.2. The number of rotatable bonds is 13. The van der Waals surface area contributed by atoms with Crippen molar-refractivity contribution in [3.8, 4) is 17.2 Å². The summed E-state index contributed by atoms with van der Waals surface area (Å²) in [5.74, 6) is -2.21. The standard InChI is InChI=1S/C20H15N5O13S3/c1-2-41(33,34)11-3-4-12(17(9-11)40-38-36-32)21-24-18-16(26)6-5-13(20(18)28)22-23-14-7-10(39-37-35-31)8-15(19(14)27)25(29)30/h2-9,26-28,31-32H,1H2/b23-22+,24-21+. The molecule has 216 valence electrons. The molecule has 0 amide bonds. The molecule has 0 aliphatic heterocycles. The molecule has 0 saturated carbocycles. The molecule has 3 aromatic carbocycles. The van der Waals surface area contributed by atoms with Gasteiger partial charge in [-0.25, -0.2) is 18.9 Å². The zero-order chi connectivity index (χ0) is 30.2. The van der Waals surface area contributed by atoms with E-state index in [1.54, 1.807) is 0 Å². The van der Waals surface area contributed by atoms with E-state index in [0.717, 1.165) is 36.4 Å². The van der Waals surface area contributed by atoms with Crippen LogP contribution in [0.3, 0.4) is 0 Å². The third kappa shape index (κ3) is 7.72. The number of sulfone groups is 1. The van der Waals surface area contributed by atoms with E-state index in [2.05, 4.69) is 45.8 Å². The van der Waals surface area contributed by atoms with Gasteiger partial charge in [0.25, 0.3) is 0 Å². The Morgan fingerprint density at radius 3 is 2.15 bits per heavy atom. The van der Waals surface area contributed by atoms with Gasteiger partial charge in [0, 0.05) is 16.4 Å². The SMILES string of the molecule is C=CS(=O)(=O)c1ccc(/N=N/c2c(O)ccc(/N=N/c3cc(SOOO)cc([N+](=O)[O-])c3O)c2O)c(SOOO)c1. The first-order chi connectivity index (χ1) is 19.5. The highest BCUT2D eigenvalue weighted by Crippen LogP contribution is 2.46. The summed E-state index contributed by atoms with van der Waals surface area (Å²) in [5, 5.41) is 81.7. The number of nitro groups is 1. The summed E-state index contributed by atoms with van der Waals surface area (Å²) in [6, 6.07) is 7.61. The van der Waals surface area contributed by atoms with Crippen molar-refractivity contribution in [2.24, 2.45) is 20.5 Å². The molecule has 0 unspecified atom stereocenters. The fourth-order valence-electron chi connectivity index (χ4n) is 2.82. The maximum Gasteiger partial charge on any atom is 0.314 e. The highest BCUT2D eigenvalue weighted by atomic mass is 32.2. The first-order valence-corrected chi connectivity index (χ1v) is 13.3. The summed E-state index contributed by atoms with van der Waals surface area (Å²) in [4.78, 5) is 10.1. The number of hydrogen-bond donors (Lipinski definition) is 5. The van der Waals surface area contributed by atoms with Gasteiger partial charge < -0.3 is 15.3 Å². The van der Waals surface area contributed by atoms with Crippen molar-refractivity contribution >= 4 is 62.4 Å². The van der Waals surface area contributed by atoms with E-state index < -0.39 is 49.1 Å². The molecular formula is C20H15N5O13S3. The van der Waals surface area contributed by atoms with Crippen LogP contribution in [0.25, 0.3) is 0 Å². The van der Waals surface area contributed by atoms with Crippen LogP contribution in [0.5, 0.6) is 17.2 Å². The Morgan fingerprint density at radius 2 is 1.49 bits per heavy atom. The molecule has 5 N–H and O–H groups in total. The second-order valence-electron chi connectivity index (χ2n) is 7.06. The molecule has 0 heterocycles. The molecule has 0 spiro atoms. The highest BCUT2D eigenvalue weighted by molar-refractivity contribution is 7.95. The number of nitro benzene ring substituents is 1. The Kier molecular flexibility index (Phi) is 10.6. The van der Waals surface area contributed by atoms with E-state index in [9.17, 15) is 33.9 Å². The van der Waals surface area contributed by atoms with E-state index in [4.69, 9.17) is 10.5 Å². The molecule has 0 bridgehead atoms. The fraction of sp³-hybridized carbons (Fsp3) is 0. The maximum atomic E-state index is 12.1. The van der Waals surface area contributed by atoms with Gasteiger partial charge in [0.15, 0.2) is 21.3 Å². The zero-order valence-corrected chi connectivity index (χ0v) is 22.2. The van der Waals surface area contributed by atoms with Crippen molar-refractivity contribution in [3.63, 3.8) is 0 Å². The molecule has 0 atom stereocenters. The van der Waals surface area contributed by atoms with E-state index >= 15 is 0 Å². The predicted molar refractivity (Wildman–Crippen MR) is 138 cm³/mol. The van der Waals surface area contributed by atoms with Crippen LogP contribution in [0.4, 0.5) is 28.4 Å². The summed E-state index contributed by atoms with van der Waals surface area (Å²) in [6.07, 6.45) is 0. The van der Waals surface area contributed by atoms with Gasteiger partial charge in [-0.2, -0.15) is 0 Å². The zero-order valence-electron chi connectivity index (χ0n) is 19.8. The second-order valence-corrected chi connectivity index (χ2v) is 10.5. The van der Waals surface area contributed by atoms with Gasteiger partial charge in [-0.1, -0.05) is 16.7 Å². The van der Waals surface area contributed by atoms with Crippen LogP contribution < -0.4 is 0 Å². The average molecular weight is 630 g/mol. The monoisotopic (exact) mass is 629 g/mol. The van der Waals surface area contributed by atoms with Gasteiger partial charge in [-0.05, 0) is 36.4 Å². The normalized spacial score (nSPS) is 11.9. The molecule has 0 saturated heterocycles. The lowest BCUT2D eigenvalue weighted by Crippen LogP contribution is -1.95. The van der Waals surface area contributed by atoms with Crippen LogP contribution in [0, 0.1) is 10.1 Å². The minimum atomic E-state index is -3.86. The molecule has 0 aliphatic carbocycles. The minimum absolute atomic E-state index is 0.0223. The number of aromatic hydroxyl groups is 3. The third-order valence-electron chi connectivity index (χ3n) is 4.67. The van der Waals surface area contributed by atoms with Gasteiger partial charge in [0.05, 0.1) is 38.8 Å². The summed E-state index contributed by atoms with van der Waals surface area (Å²) in [6.45, 7) is 3.22. The number of hydrogen-bond acceptors (Lipinski definition) is 19. The summed E-state index contributed by atoms with van der Waals surface area (Å²) in [5.41, 5.74) is -2.13. The number of azo groups is 2. The van der Waals surface area contributed by atoms with Crippen LogP contribution in [-0.4, -0.2) is 39.2 Å². The molecule has 21 heteroatoms. The molecule has 18 nitrogen and oxygen atoms in total. The lowest BCUT2D eigenvalue weighted by molar-refractivity contribution is -0.432. The highest BCUT2D eigenvalue weighted by Gasteiger charge is 2.21. The number of phenols is 3. The molecule has 41 heavy (non-hydrogen) atoms. The quantitative estimate of drug-likeness (QED) is 0.0455. The van der Waals surface area contributed by atoms with Crippen LogP contribution in [0.15, 0.2) is 89.6 Å². The smallest absolute Gasteiger partial charge is 0.314 e. The Bertz CT molecular complexity index is 1630. The van der Waals surface area contributed by atoms with Crippen molar-refractivity contribution in [1.29, 1.82) is 0 Å². The van der Waals surface area contributed by atoms with Crippen LogP contribution in [0.1, 0.15) is 0 Å². The lowest BCUT2D eigenvalue weighted by Gasteiger charge is -2.07. The first kappa shape index (κ1) is 31.3. The lowest BCUT2D eigenvalue weighted by atomic mass is 10.2. The van der Waals surface area contributed by atoms with Crippen molar-refractivity contribution < 1.29 is 57.9 Å². The Labute approximate surface area is 237 Å². The number of phenolic OH excluding ortho intramolecular Hbond substituents is 3. The molecule has 3 aromatic rings. The maximum absolute atomic E-state index is 12.1. The molecule has 3 rings (SSSR count). The summed E-state index contributed by atoms with van der Waals surface area (Å²) < 4.78 is 32.7. The van der Waals surface area contributed by atoms with Gasteiger partial charge >= 0.3 is 5.69 Å². The molecule has 0 aromatic heterocycles. The van der Waals surface area contributed by atoms with Crippen LogP contribution >= 0.6 is 24.1 Å². The Hall–Kier alpha value is -4.19. The minimum Gasteiger partial charge on any atom is -0.505 e. The van der Waals surface area contributed by atoms with Crippen molar-refractivity contribution in [3.05, 3.63) is 64.6 Å². The summed E-state index contributed by atoms with van der Waals surface area (Å²) in [7, 11) is -3.86. The van der Waals surface area contributed by atoms with E-state index in [1.807, 2.05) is 0 Å². The van der Waals surface area contributed by atoms with E-state index in [1.165, 1.54) is 6.07 Å². The molecular weight excluding hydrogens is 614 g/mol. The van der Waals surface area contributed by atoms with Crippen LogP contribution in [0.2, 0.25) is 0 Å². The summed E-state index contributed by atoms with van der Waals surface area (Å²) >= 11 is 0.712. The molecule has 0 radical (unpaired) electrons. The Morgan fingerprint density at radius 1 is 0.854 bits per heavy atom. The van der Waals surface area contributed by atoms with Gasteiger partial charge in [0.1, 0.15) is 22.8 Å². The topological polar surface area (TPSA) is 265 Å². The number of nitrogens with zero attached hydrogens (tertiary/aromatic N) is 5. The van der Waals surface area contributed by atoms with Gasteiger partial charge in [0.2, 0.25) is 5.75 Å². The molecule has 0 fully saturated rings. The van der Waals surface area contributed by atoms with Crippen molar-refractivity contribution in [2.75, 3.05) is 0 Å². The Balaban J connectivity index is 2.01. The molecule has 0 aliphatic rings. The largest absolute Gasteiger partial charge is 0.505 e. The van der Waals surface area contributed by atoms with Crippen molar-refractivity contribution in [1.82, 2.24) is 0 Å². The van der Waals surface area contributed by atoms with Gasteiger partial charge in [-0.3, -0.25) is 10.1 Å².